The van der Waals surface area contributed by atoms with E-state index in [2.05, 4.69) is 4.98 Å². The van der Waals surface area contributed by atoms with Crippen LogP contribution in [0.3, 0.4) is 0 Å². The fourth-order valence-corrected chi connectivity index (χ4v) is 1.30. The monoisotopic (exact) mass is 216 g/mol. The molecule has 1 aromatic heterocycles. The predicted octanol–water partition coefficient (Wildman–Crippen LogP) is 2.36. The molecular formula is C11H8N2O3. The zero-order valence-electron chi connectivity index (χ0n) is 8.20. The molecule has 0 bridgehead atoms. The summed E-state index contributed by atoms with van der Waals surface area (Å²) in [5, 5.41) is 19.5. The Hall–Kier alpha value is -2.43. The average Bonchev–Trinajstić information content (AvgIpc) is 2.30. The van der Waals surface area contributed by atoms with Crippen LogP contribution in [0.4, 0.5) is 5.69 Å². The molecule has 0 atom stereocenters. The number of aromatic hydroxyl groups is 1. The van der Waals surface area contributed by atoms with Crippen molar-refractivity contribution < 1.29 is 10.0 Å². The van der Waals surface area contributed by atoms with E-state index in [0.717, 1.165) is 5.56 Å². The first-order valence-corrected chi connectivity index (χ1v) is 4.56. The topological polar surface area (TPSA) is 76.3 Å². The zero-order chi connectivity index (χ0) is 11.5. The van der Waals surface area contributed by atoms with E-state index in [4.69, 9.17) is 5.11 Å². The van der Waals surface area contributed by atoms with E-state index in [1.807, 2.05) is 0 Å². The normalized spacial score (nSPS) is 10.0. The molecule has 0 aliphatic rings. The van der Waals surface area contributed by atoms with E-state index in [0.29, 0.717) is 5.69 Å². The van der Waals surface area contributed by atoms with Crippen LogP contribution in [0, 0.1) is 10.1 Å². The van der Waals surface area contributed by atoms with E-state index < -0.39 is 4.92 Å². The Morgan fingerprint density at radius 1 is 1.12 bits per heavy atom. The number of nitro groups is 1. The van der Waals surface area contributed by atoms with E-state index in [1.54, 1.807) is 30.3 Å². The summed E-state index contributed by atoms with van der Waals surface area (Å²) in [6.45, 7) is 0. The van der Waals surface area contributed by atoms with Crippen LogP contribution in [-0.2, 0) is 0 Å². The molecule has 1 N–H and O–H groups in total. The van der Waals surface area contributed by atoms with Gasteiger partial charge in [0.1, 0.15) is 11.9 Å². The Bertz CT molecular complexity index is 506. The third-order valence-corrected chi connectivity index (χ3v) is 2.12. The second-order valence-electron chi connectivity index (χ2n) is 3.21. The van der Waals surface area contributed by atoms with Gasteiger partial charge >= 0.3 is 0 Å². The fourth-order valence-electron chi connectivity index (χ4n) is 1.30. The third-order valence-electron chi connectivity index (χ3n) is 2.12. The van der Waals surface area contributed by atoms with Crippen molar-refractivity contribution in [1.29, 1.82) is 0 Å². The number of phenolic OH excluding ortho intramolecular Hbond substituents is 1. The highest BCUT2D eigenvalue weighted by molar-refractivity contribution is 5.60. The molecule has 2 aromatic rings. The lowest BCUT2D eigenvalue weighted by molar-refractivity contribution is -0.385. The maximum absolute atomic E-state index is 10.4. The van der Waals surface area contributed by atoms with E-state index >= 15 is 0 Å². The lowest BCUT2D eigenvalue weighted by Gasteiger charge is -2.00. The van der Waals surface area contributed by atoms with Gasteiger partial charge in [-0.1, -0.05) is 0 Å². The molecule has 0 aliphatic carbocycles. The molecule has 80 valence electrons. The summed E-state index contributed by atoms with van der Waals surface area (Å²) in [5.41, 5.74) is 1.39. The van der Waals surface area contributed by atoms with Gasteiger partial charge in [0.25, 0.3) is 5.69 Å². The fraction of sp³-hybridized carbons (Fsp3) is 0. The second kappa shape index (κ2) is 3.98. The van der Waals surface area contributed by atoms with Crippen molar-refractivity contribution in [2.45, 2.75) is 0 Å². The molecule has 0 saturated carbocycles. The average molecular weight is 216 g/mol. The van der Waals surface area contributed by atoms with Crippen LogP contribution in [0.25, 0.3) is 11.3 Å². The number of rotatable bonds is 2. The van der Waals surface area contributed by atoms with Crippen LogP contribution in [0.2, 0.25) is 0 Å². The van der Waals surface area contributed by atoms with Gasteiger partial charge in [0, 0.05) is 11.6 Å². The summed E-state index contributed by atoms with van der Waals surface area (Å²) in [7, 11) is 0. The predicted molar refractivity (Wildman–Crippen MR) is 58.0 cm³/mol. The maximum atomic E-state index is 10.4. The van der Waals surface area contributed by atoms with Crippen LogP contribution in [0.5, 0.6) is 5.75 Å². The van der Waals surface area contributed by atoms with Gasteiger partial charge in [-0.2, -0.15) is 0 Å². The van der Waals surface area contributed by atoms with Crippen LogP contribution in [0.1, 0.15) is 0 Å². The first-order valence-electron chi connectivity index (χ1n) is 4.56. The number of nitrogens with zero attached hydrogens (tertiary/aromatic N) is 2. The summed E-state index contributed by atoms with van der Waals surface area (Å²) in [5.74, 6) is 0.172. The van der Waals surface area contributed by atoms with Crippen molar-refractivity contribution in [3.8, 4) is 17.0 Å². The van der Waals surface area contributed by atoms with Crippen LogP contribution in [-0.4, -0.2) is 15.0 Å². The van der Waals surface area contributed by atoms with E-state index in [9.17, 15) is 10.1 Å². The molecule has 1 aromatic carbocycles. The van der Waals surface area contributed by atoms with Crippen molar-refractivity contribution in [2.75, 3.05) is 0 Å². The van der Waals surface area contributed by atoms with E-state index in [1.165, 1.54) is 12.3 Å². The van der Waals surface area contributed by atoms with Crippen molar-refractivity contribution >= 4 is 5.69 Å². The lowest BCUT2D eigenvalue weighted by atomic mass is 10.1. The quantitative estimate of drug-likeness (QED) is 0.617. The first kappa shape index (κ1) is 10.1. The number of pyridine rings is 1. The number of hydrogen-bond acceptors (Lipinski definition) is 4. The molecule has 0 unspecified atom stereocenters. The van der Waals surface area contributed by atoms with Crippen LogP contribution >= 0.6 is 0 Å². The Labute approximate surface area is 91.2 Å². The zero-order valence-corrected chi connectivity index (χ0v) is 8.20. The minimum Gasteiger partial charge on any atom is -0.508 e. The van der Waals surface area contributed by atoms with Gasteiger partial charge in [0.15, 0.2) is 0 Å². The summed E-state index contributed by atoms with van der Waals surface area (Å²) < 4.78 is 0. The molecule has 5 heteroatoms. The van der Waals surface area contributed by atoms with Gasteiger partial charge in [-0.15, -0.1) is 0 Å². The highest BCUT2D eigenvalue weighted by Crippen LogP contribution is 2.21. The SMILES string of the molecule is O=[N+]([O-])c1ccc(-c2ccc(O)cc2)nc1. The first-order chi connectivity index (χ1) is 7.66. The van der Waals surface area contributed by atoms with Crippen LogP contribution in [0.15, 0.2) is 42.6 Å². The summed E-state index contributed by atoms with van der Waals surface area (Å²) in [4.78, 5) is 13.9. The maximum Gasteiger partial charge on any atom is 0.287 e. The van der Waals surface area contributed by atoms with Gasteiger partial charge in [-0.3, -0.25) is 10.1 Å². The molecule has 0 saturated heterocycles. The molecule has 2 rings (SSSR count). The van der Waals surface area contributed by atoms with Crippen LogP contribution < -0.4 is 0 Å². The number of phenols is 1. The molecule has 5 nitrogen and oxygen atoms in total. The van der Waals surface area contributed by atoms with Gasteiger partial charge < -0.3 is 5.11 Å². The Kier molecular flexibility index (Phi) is 2.51. The molecule has 0 spiro atoms. The highest BCUT2D eigenvalue weighted by atomic mass is 16.6. The summed E-state index contributed by atoms with van der Waals surface area (Å²) >= 11 is 0. The summed E-state index contributed by atoms with van der Waals surface area (Å²) in [6, 6.07) is 9.45. The minimum absolute atomic E-state index is 0.0393. The second-order valence-corrected chi connectivity index (χ2v) is 3.21. The Morgan fingerprint density at radius 2 is 1.81 bits per heavy atom. The molecule has 0 radical (unpaired) electrons. The molecule has 16 heavy (non-hydrogen) atoms. The van der Waals surface area contributed by atoms with Gasteiger partial charge in [-0.05, 0) is 30.3 Å². The molecule has 1 heterocycles. The van der Waals surface area contributed by atoms with Gasteiger partial charge in [-0.25, -0.2) is 4.98 Å². The largest absolute Gasteiger partial charge is 0.508 e. The molecule has 0 fully saturated rings. The number of aromatic nitrogens is 1. The van der Waals surface area contributed by atoms with Gasteiger partial charge in [0.05, 0.1) is 10.6 Å². The smallest absolute Gasteiger partial charge is 0.287 e. The van der Waals surface area contributed by atoms with Crippen molar-refractivity contribution in [1.82, 2.24) is 4.98 Å². The highest BCUT2D eigenvalue weighted by Gasteiger charge is 2.06. The number of hydrogen-bond donors (Lipinski definition) is 1. The number of benzene rings is 1. The molecule has 0 aliphatic heterocycles. The minimum atomic E-state index is -0.492. The standard InChI is InChI=1S/C11H8N2O3/c14-10-4-1-8(2-5-10)11-6-3-9(7-12-11)13(15)16/h1-7,14H. The molecular weight excluding hydrogens is 208 g/mol. The lowest BCUT2D eigenvalue weighted by Crippen LogP contribution is -1.89. The third kappa shape index (κ3) is 1.98. The van der Waals surface area contributed by atoms with Crippen molar-refractivity contribution in [3.63, 3.8) is 0 Å². The van der Waals surface area contributed by atoms with Crippen molar-refractivity contribution in [2.24, 2.45) is 0 Å². The molecule has 0 amide bonds. The van der Waals surface area contributed by atoms with Gasteiger partial charge in [0.2, 0.25) is 0 Å². The Morgan fingerprint density at radius 3 is 2.31 bits per heavy atom. The Balaban J connectivity index is 2.34. The van der Waals surface area contributed by atoms with Crippen molar-refractivity contribution in [3.05, 3.63) is 52.7 Å². The van der Waals surface area contributed by atoms with E-state index in [-0.39, 0.29) is 11.4 Å². The summed E-state index contributed by atoms with van der Waals surface area (Å²) in [6.07, 6.45) is 1.21.